The van der Waals surface area contributed by atoms with E-state index in [2.05, 4.69) is 36.1 Å². The molecule has 1 aromatic carbocycles. The van der Waals surface area contributed by atoms with Gasteiger partial charge in [0.25, 0.3) is 5.91 Å². The lowest BCUT2D eigenvalue weighted by Crippen LogP contribution is -2.32. The van der Waals surface area contributed by atoms with Gasteiger partial charge in [0.1, 0.15) is 5.69 Å². The molecule has 28 heavy (non-hydrogen) atoms. The summed E-state index contributed by atoms with van der Waals surface area (Å²) >= 11 is 1.52. The SMILES string of the molecule is Cc1ccc2sc(N(Cc3ccccn3)C(=O)c3c(C)cnn3C)nc2c1C. The third kappa shape index (κ3) is 3.18. The van der Waals surface area contributed by atoms with E-state index in [1.165, 1.54) is 16.9 Å². The van der Waals surface area contributed by atoms with Gasteiger partial charge in [0.05, 0.1) is 28.7 Å². The van der Waals surface area contributed by atoms with Gasteiger partial charge in [-0.1, -0.05) is 23.5 Å². The molecule has 4 aromatic rings. The summed E-state index contributed by atoms with van der Waals surface area (Å²) in [5.74, 6) is -0.128. The van der Waals surface area contributed by atoms with Crippen molar-refractivity contribution in [2.24, 2.45) is 7.05 Å². The van der Waals surface area contributed by atoms with Crippen molar-refractivity contribution in [1.82, 2.24) is 19.7 Å². The fourth-order valence-electron chi connectivity index (χ4n) is 3.19. The number of carbonyl (C=O) groups excluding carboxylic acids is 1. The van der Waals surface area contributed by atoms with Crippen LogP contribution in [0.5, 0.6) is 0 Å². The van der Waals surface area contributed by atoms with Crippen LogP contribution in [0, 0.1) is 20.8 Å². The number of thiazole rings is 1. The quantitative estimate of drug-likeness (QED) is 0.523. The van der Waals surface area contributed by atoms with E-state index in [-0.39, 0.29) is 5.91 Å². The van der Waals surface area contributed by atoms with Crippen LogP contribution < -0.4 is 4.90 Å². The molecule has 0 bridgehead atoms. The minimum Gasteiger partial charge on any atom is -0.277 e. The maximum Gasteiger partial charge on any atom is 0.278 e. The molecule has 4 rings (SSSR count). The van der Waals surface area contributed by atoms with Crippen LogP contribution in [0.3, 0.4) is 0 Å². The van der Waals surface area contributed by atoms with Gasteiger partial charge >= 0.3 is 0 Å². The maximum atomic E-state index is 13.5. The minimum absolute atomic E-state index is 0.128. The number of carbonyl (C=O) groups is 1. The molecule has 3 heterocycles. The van der Waals surface area contributed by atoms with Crippen molar-refractivity contribution in [3.63, 3.8) is 0 Å². The number of rotatable bonds is 4. The number of amides is 1. The third-order valence-corrected chi connectivity index (χ3v) is 5.96. The molecule has 0 aliphatic rings. The Morgan fingerprint density at radius 3 is 2.64 bits per heavy atom. The van der Waals surface area contributed by atoms with E-state index < -0.39 is 0 Å². The summed E-state index contributed by atoms with van der Waals surface area (Å²) in [5.41, 5.74) is 5.48. The van der Waals surface area contributed by atoms with Gasteiger partial charge in [0, 0.05) is 13.2 Å². The number of aryl methyl sites for hydroxylation is 4. The first kappa shape index (κ1) is 18.3. The number of anilines is 1. The van der Waals surface area contributed by atoms with Crippen LogP contribution >= 0.6 is 11.3 Å². The Bertz CT molecular complexity index is 1140. The Morgan fingerprint density at radius 2 is 1.96 bits per heavy atom. The standard InChI is InChI=1S/C21H21N5OS/c1-13-8-9-17-18(15(13)3)24-21(28-17)26(12-16-7-5-6-10-22-16)20(27)19-14(2)11-23-25(19)4/h5-11H,12H2,1-4H3. The van der Waals surface area contributed by atoms with Gasteiger partial charge in [0.15, 0.2) is 5.13 Å². The van der Waals surface area contributed by atoms with Crippen molar-refractivity contribution in [2.75, 3.05) is 4.90 Å². The summed E-state index contributed by atoms with van der Waals surface area (Å²) < 4.78 is 2.69. The van der Waals surface area contributed by atoms with Crippen molar-refractivity contribution in [3.8, 4) is 0 Å². The molecule has 142 valence electrons. The average molecular weight is 392 g/mol. The molecule has 0 fully saturated rings. The van der Waals surface area contributed by atoms with Gasteiger partial charge in [-0.15, -0.1) is 0 Å². The van der Waals surface area contributed by atoms with Crippen LogP contribution in [0.25, 0.3) is 10.2 Å². The maximum absolute atomic E-state index is 13.5. The first-order chi connectivity index (χ1) is 13.5. The Kier molecular flexibility index (Phi) is 4.68. The molecule has 0 saturated carbocycles. The number of hydrogen-bond donors (Lipinski definition) is 0. The summed E-state index contributed by atoms with van der Waals surface area (Å²) in [6.45, 7) is 6.38. The van der Waals surface area contributed by atoms with Crippen molar-refractivity contribution < 1.29 is 4.79 Å². The lowest BCUT2D eigenvalue weighted by molar-refractivity contribution is 0.0975. The zero-order chi connectivity index (χ0) is 19.8. The summed E-state index contributed by atoms with van der Waals surface area (Å²) in [6, 6.07) is 9.86. The number of aromatic nitrogens is 4. The monoisotopic (exact) mass is 391 g/mol. The molecule has 0 unspecified atom stereocenters. The Morgan fingerprint density at radius 1 is 1.14 bits per heavy atom. The van der Waals surface area contributed by atoms with E-state index in [9.17, 15) is 4.79 Å². The van der Waals surface area contributed by atoms with E-state index >= 15 is 0 Å². The fourth-order valence-corrected chi connectivity index (χ4v) is 4.21. The topological polar surface area (TPSA) is 63.9 Å². The molecule has 0 N–H and O–H groups in total. The van der Waals surface area contributed by atoms with E-state index in [1.54, 1.807) is 29.0 Å². The summed E-state index contributed by atoms with van der Waals surface area (Å²) in [5, 5.41) is 4.89. The summed E-state index contributed by atoms with van der Waals surface area (Å²) in [6.07, 6.45) is 3.44. The second-order valence-corrected chi connectivity index (χ2v) is 7.87. The molecule has 6 nitrogen and oxygen atoms in total. The van der Waals surface area contributed by atoms with Crippen LogP contribution in [0.1, 0.15) is 32.9 Å². The smallest absolute Gasteiger partial charge is 0.277 e. The number of benzene rings is 1. The van der Waals surface area contributed by atoms with Gasteiger partial charge in [-0.25, -0.2) is 4.98 Å². The number of pyridine rings is 1. The number of hydrogen-bond acceptors (Lipinski definition) is 5. The predicted octanol–water partition coefficient (Wildman–Crippen LogP) is 4.20. The van der Waals surface area contributed by atoms with Crippen LogP contribution in [-0.4, -0.2) is 25.7 Å². The Balaban J connectivity index is 1.83. The lowest BCUT2D eigenvalue weighted by Gasteiger charge is -2.20. The summed E-state index contributed by atoms with van der Waals surface area (Å²) in [4.78, 5) is 24.4. The average Bonchev–Trinajstić information content (AvgIpc) is 3.27. The molecule has 0 atom stereocenters. The van der Waals surface area contributed by atoms with Gasteiger partial charge in [0.2, 0.25) is 0 Å². The zero-order valence-corrected chi connectivity index (χ0v) is 17.1. The molecule has 0 aliphatic carbocycles. The van der Waals surface area contributed by atoms with E-state index in [1.807, 2.05) is 25.1 Å². The molecule has 7 heteroatoms. The van der Waals surface area contributed by atoms with Gasteiger partial charge in [-0.05, 0) is 55.7 Å². The van der Waals surface area contributed by atoms with Gasteiger partial charge in [-0.2, -0.15) is 5.10 Å². The number of fused-ring (bicyclic) bond motifs is 1. The highest BCUT2D eigenvalue weighted by molar-refractivity contribution is 7.22. The van der Waals surface area contributed by atoms with Gasteiger partial charge in [-0.3, -0.25) is 19.4 Å². The highest BCUT2D eigenvalue weighted by atomic mass is 32.1. The molecular formula is C21H21N5OS. The first-order valence-corrected chi connectivity index (χ1v) is 9.84. The van der Waals surface area contributed by atoms with Crippen LogP contribution in [0.4, 0.5) is 5.13 Å². The Labute approximate surface area is 167 Å². The largest absolute Gasteiger partial charge is 0.278 e. The highest BCUT2D eigenvalue weighted by Gasteiger charge is 2.26. The van der Waals surface area contributed by atoms with Crippen molar-refractivity contribution in [1.29, 1.82) is 0 Å². The molecule has 0 spiro atoms. The van der Waals surface area contributed by atoms with Crippen LogP contribution in [0.2, 0.25) is 0 Å². The molecule has 0 aliphatic heterocycles. The molecule has 1 amide bonds. The summed E-state index contributed by atoms with van der Waals surface area (Å²) in [7, 11) is 1.78. The minimum atomic E-state index is -0.128. The van der Waals surface area contributed by atoms with E-state index in [4.69, 9.17) is 4.98 Å². The zero-order valence-electron chi connectivity index (χ0n) is 16.3. The van der Waals surface area contributed by atoms with Gasteiger partial charge < -0.3 is 0 Å². The molecule has 0 radical (unpaired) electrons. The molecule has 3 aromatic heterocycles. The molecule has 0 saturated heterocycles. The van der Waals surface area contributed by atoms with E-state index in [0.717, 1.165) is 27.0 Å². The van der Waals surface area contributed by atoms with Crippen molar-refractivity contribution in [2.45, 2.75) is 27.3 Å². The Hall–Kier alpha value is -3.06. The second-order valence-electron chi connectivity index (χ2n) is 6.86. The highest BCUT2D eigenvalue weighted by Crippen LogP contribution is 2.33. The second kappa shape index (κ2) is 7.16. The third-order valence-electron chi connectivity index (χ3n) is 4.92. The normalized spacial score (nSPS) is 11.1. The van der Waals surface area contributed by atoms with Crippen molar-refractivity contribution >= 4 is 32.6 Å². The van der Waals surface area contributed by atoms with Crippen LogP contribution in [-0.2, 0) is 13.6 Å². The van der Waals surface area contributed by atoms with E-state index in [0.29, 0.717) is 17.4 Å². The predicted molar refractivity (Wildman–Crippen MR) is 112 cm³/mol. The van der Waals surface area contributed by atoms with Crippen LogP contribution in [0.15, 0.2) is 42.7 Å². The fraction of sp³-hybridized carbons (Fsp3) is 0.238. The first-order valence-electron chi connectivity index (χ1n) is 9.03. The lowest BCUT2D eigenvalue weighted by atomic mass is 10.1. The van der Waals surface area contributed by atoms with Crippen molar-refractivity contribution in [3.05, 3.63) is 70.8 Å². The molecular weight excluding hydrogens is 370 g/mol. The number of nitrogens with zero attached hydrogens (tertiary/aromatic N) is 5.